The molecule has 2 aliphatic heterocycles. The maximum Gasteiger partial charge on any atom is 0.411 e. The van der Waals surface area contributed by atoms with Gasteiger partial charge in [-0.25, -0.2) is 17.9 Å². The van der Waals surface area contributed by atoms with Crippen LogP contribution < -0.4 is 5.32 Å². The van der Waals surface area contributed by atoms with Gasteiger partial charge in [-0.15, -0.1) is 5.10 Å². The van der Waals surface area contributed by atoms with E-state index in [1.807, 2.05) is 0 Å². The highest BCUT2D eigenvalue weighted by atomic mass is 32.2. The Kier molecular flexibility index (Phi) is 5.43. The summed E-state index contributed by atoms with van der Waals surface area (Å²) in [4.78, 5) is 24.9. The number of rotatable bonds is 6. The van der Waals surface area contributed by atoms with Gasteiger partial charge in [-0.05, 0) is 30.7 Å². The van der Waals surface area contributed by atoms with Crippen LogP contribution in [0.15, 0.2) is 35.4 Å². The molecule has 160 valence electrons. The lowest BCUT2D eigenvalue weighted by Crippen LogP contribution is -2.50. The fraction of sp³-hybridized carbons (Fsp3) is 0.444. The second kappa shape index (κ2) is 8.03. The van der Waals surface area contributed by atoms with Gasteiger partial charge in [-0.2, -0.15) is 4.31 Å². The van der Waals surface area contributed by atoms with Crippen molar-refractivity contribution in [2.24, 2.45) is 0 Å². The number of carbonyl (C=O) groups excluding carboxylic acids is 2. The molecule has 2 saturated heterocycles. The summed E-state index contributed by atoms with van der Waals surface area (Å²) in [6, 6.07) is 5.79. The molecule has 0 unspecified atom stereocenters. The van der Waals surface area contributed by atoms with Crippen molar-refractivity contribution in [2.45, 2.75) is 30.3 Å². The summed E-state index contributed by atoms with van der Waals surface area (Å²) in [6.07, 6.45) is 2.58. The van der Waals surface area contributed by atoms with Crippen LogP contribution in [0, 0.1) is 0 Å². The van der Waals surface area contributed by atoms with Crippen LogP contribution in [0.5, 0.6) is 0 Å². The Morgan fingerprint density at radius 1 is 1.27 bits per heavy atom. The number of hydrogen-bond donors (Lipinski definition) is 1. The average molecular weight is 434 g/mol. The van der Waals surface area contributed by atoms with Crippen molar-refractivity contribution in [3.63, 3.8) is 0 Å². The number of amides is 2. The highest BCUT2D eigenvalue weighted by Gasteiger charge is 2.38. The van der Waals surface area contributed by atoms with Gasteiger partial charge >= 0.3 is 6.09 Å². The number of nitrogens with zero attached hydrogens (tertiary/aromatic N) is 5. The van der Waals surface area contributed by atoms with E-state index in [-0.39, 0.29) is 29.9 Å². The summed E-state index contributed by atoms with van der Waals surface area (Å²) in [5.41, 5.74) is 1.13. The first-order valence-corrected chi connectivity index (χ1v) is 10.9. The summed E-state index contributed by atoms with van der Waals surface area (Å²) in [5, 5.41) is 10.7. The molecule has 0 bridgehead atoms. The van der Waals surface area contributed by atoms with Crippen LogP contribution in [-0.4, -0.2) is 71.4 Å². The fourth-order valence-electron chi connectivity index (χ4n) is 3.44. The largest absolute Gasteiger partial charge is 0.453 e. The minimum absolute atomic E-state index is 0.101. The predicted molar refractivity (Wildman–Crippen MR) is 105 cm³/mol. The van der Waals surface area contributed by atoms with Gasteiger partial charge in [0.15, 0.2) is 0 Å². The normalized spacial score (nSPS) is 17.8. The third-order valence-electron chi connectivity index (χ3n) is 5.21. The van der Waals surface area contributed by atoms with Crippen molar-refractivity contribution in [2.75, 3.05) is 32.1 Å². The first kappa shape index (κ1) is 20.3. The van der Waals surface area contributed by atoms with Crippen molar-refractivity contribution >= 4 is 27.7 Å². The number of sulfonamides is 1. The molecular weight excluding hydrogens is 412 g/mol. The third-order valence-corrected chi connectivity index (χ3v) is 7.05. The number of nitrogens with one attached hydrogen (secondary N) is 1. The molecule has 0 saturated carbocycles. The predicted octanol–water partition coefficient (Wildman–Crippen LogP) is 0.824. The topological polar surface area (TPSA) is 127 Å². The van der Waals surface area contributed by atoms with E-state index >= 15 is 0 Å². The van der Waals surface area contributed by atoms with Crippen LogP contribution in [0.4, 0.5) is 10.5 Å². The summed E-state index contributed by atoms with van der Waals surface area (Å²) in [5.74, 6) is 0.123. The van der Waals surface area contributed by atoms with E-state index in [2.05, 4.69) is 20.4 Å². The molecule has 2 fully saturated rings. The molecule has 2 amide bonds. The Labute approximate surface area is 173 Å². The first-order valence-electron chi connectivity index (χ1n) is 9.50. The van der Waals surface area contributed by atoms with E-state index in [4.69, 9.17) is 0 Å². The number of methoxy groups -OCH3 is 1. The van der Waals surface area contributed by atoms with Gasteiger partial charge < -0.3 is 9.64 Å². The standard InChI is InChI=1S/C18H22N6O5S/c1-29-18(26)19-13-4-6-16(7-5-13)30(27,28)23-11-15(12-23)24-10-14(20-21-24)9-22-8-2-3-17(22)25/h4-7,10,15H,2-3,8-9,11-12H2,1H3,(H,19,26). The Balaban J connectivity index is 1.35. The number of hydrogen-bond acceptors (Lipinski definition) is 7. The van der Waals surface area contributed by atoms with E-state index in [9.17, 15) is 18.0 Å². The van der Waals surface area contributed by atoms with Gasteiger partial charge in [0, 0.05) is 31.7 Å². The van der Waals surface area contributed by atoms with Gasteiger partial charge in [-0.3, -0.25) is 10.1 Å². The SMILES string of the molecule is COC(=O)Nc1ccc(S(=O)(=O)N2CC(n3cc(CN4CCCC4=O)nn3)C2)cc1. The zero-order valence-corrected chi connectivity index (χ0v) is 17.2. The molecule has 0 aliphatic carbocycles. The molecule has 4 rings (SSSR count). The zero-order chi connectivity index (χ0) is 21.3. The van der Waals surface area contributed by atoms with E-state index in [0.717, 1.165) is 13.0 Å². The average Bonchev–Trinajstić information content (AvgIpc) is 3.30. The molecule has 1 aromatic carbocycles. The van der Waals surface area contributed by atoms with Gasteiger partial charge in [0.2, 0.25) is 15.9 Å². The first-order chi connectivity index (χ1) is 14.4. The van der Waals surface area contributed by atoms with Crippen molar-refractivity contribution in [1.82, 2.24) is 24.2 Å². The lowest BCUT2D eigenvalue weighted by molar-refractivity contribution is -0.128. The Morgan fingerprint density at radius 2 is 2.00 bits per heavy atom. The summed E-state index contributed by atoms with van der Waals surface area (Å²) in [7, 11) is -2.39. The van der Waals surface area contributed by atoms with E-state index < -0.39 is 16.1 Å². The molecule has 2 aromatic rings. The molecular formula is C18H22N6O5S. The van der Waals surface area contributed by atoms with Crippen LogP contribution in [0.2, 0.25) is 0 Å². The number of likely N-dealkylation sites (tertiary alicyclic amines) is 1. The number of aromatic nitrogens is 3. The Bertz CT molecular complexity index is 1050. The molecule has 12 heteroatoms. The molecule has 3 heterocycles. The molecule has 30 heavy (non-hydrogen) atoms. The van der Waals surface area contributed by atoms with Crippen LogP contribution in [-0.2, 0) is 26.1 Å². The van der Waals surface area contributed by atoms with Gasteiger partial charge in [0.25, 0.3) is 0 Å². The zero-order valence-electron chi connectivity index (χ0n) is 16.4. The maximum absolute atomic E-state index is 12.8. The molecule has 11 nitrogen and oxygen atoms in total. The smallest absolute Gasteiger partial charge is 0.411 e. The van der Waals surface area contributed by atoms with Crippen molar-refractivity contribution in [1.29, 1.82) is 0 Å². The Hall–Kier alpha value is -2.99. The molecule has 0 spiro atoms. The molecule has 2 aliphatic rings. The van der Waals surface area contributed by atoms with E-state index in [1.54, 1.807) is 15.8 Å². The minimum atomic E-state index is -3.64. The monoisotopic (exact) mass is 434 g/mol. The van der Waals surface area contributed by atoms with Crippen molar-refractivity contribution < 1.29 is 22.7 Å². The summed E-state index contributed by atoms with van der Waals surface area (Å²) in [6.45, 7) is 1.74. The summed E-state index contributed by atoms with van der Waals surface area (Å²) >= 11 is 0. The lowest BCUT2D eigenvalue weighted by Gasteiger charge is -2.37. The van der Waals surface area contributed by atoms with Crippen LogP contribution in [0.1, 0.15) is 24.6 Å². The number of carbonyl (C=O) groups is 2. The maximum atomic E-state index is 12.8. The highest BCUT2D eigenvalue weighted by Crippen LogP contribution is 2.28. The van der Waals surface area contributed by atoms with Crippen molar-refractivity contribution in [3.8, 4) is 0 Å². The van der Waals surface area contributed by atoms with E-state index in [0.29, 0.717) is 24.3 Å². The molecule has 0 atom stereocenters. The van der Waals surface area contributed by atoms with Crippen LogP contribution >= 0.6 is 0 Å². The second-order valence-corrected chi connectivity index (χ2v) is 9.16. The third kappa shape index (κ3) is 4.00. The highest BCUT2D eigenvalue weighted by molar-refractivity contribution is 7.89. The van der Waals surface area contributed by atoms with Crippen LogP contribution in [0.25, 0.3) is 0 Å². The lowest BCUT2D eigenvalue weighted by atomic mass is 10.2. The van der Waals surface area contributed by atoms with Gasteiger partial charge in [0.05, 0.1) is 30.8 Å². The minimum Gasteiger partial charge on any atom is -0.453 e. The van der Waals surface area contributed by atoms with E-state index in [1.165, 1.54) is 35.7 Å². The second-order valence-electron chi connectivity index (χ2n) is 7.23. The van der Waals surface area contributed by atoms with Gasteiger partial charge in [0.1, 0.15) is 5.69 Å². The summed E-state index contributed by atoms with van der Waals surface area (Å²) < 4.78 is 33.1. The Morgan fingerprint density at radius 3 is 2.63 bits per heavy atom. The van der Waals surface area contributed by atoms with Gasteiger partial charge in [-0.1, -0.05) is 5.21 Å². The van der Waals surface area contributed by atoms with Crippen molar-refractivity contribution in [3.05, 3.63) is 36.2 Å². The quantitative estimate of drug-likeness (QED) is 0.713. The van der Waals surface area contributed by atoms with Crippen LogP contribution in [0.3, 0.4) is 0 Å². The number of ether oxygens (including phenoxy) is 1. The number of anilines is 1. The molecule has 0 radical (unpaired) electrons. The molecule has 1 aromatic heterocycles. The molecule has 1 N–H and O–H groups in total. The number of benzene rings is 1. The fourth-order valence-corrected chi connectivity index (χ4v) is 4.95.